The predicted octanol–water partition coefficient (Wildman–Crippen LogP) is 2.98. The van der Waals surface area contributed by atoms with Gasteiger partial charge in [-0.05, 0) is 24.1 Å². The molecule has 0 unspecified atom stereocenters. The molecule has 4 rings (SSSR count). The average molecular weight is 351 g/mol. The van der Waals surface area contributed by atoms with Gasteiger partial charge in [0.15, 0.2) is 0 Å². The predicted molar refractivity (Wildman–Crippen MR) is 102 cm³/mol. The maximum atomic E-state index is 13.1. The first-order valence-electron chi connectivity index (χ1n) is 9.34. The van der Waals surface area contributed by atoms with Crippen LogP contribution in [0.5, 0.6) is 0 Å². The highest BCUT2D eigenvalue weighted by Crippen LogP contribution is 2.32. The molecule has 2 heterocycles. The van der Waals surface area contributed by atoms with Gasteiger partial charge in [-0.2, -0.15) is 0 Å². The van der Waals surface area contributed by atoms with Gasteiger partial charge in [0.2, 0.25) is 0 Å². The summed E-state index contributed by atoms with van der Waals surface area (Å²) in [5.74, 6) is 0.107. The molecule has 0 spiro atoms. The fourth-order valence-corrected chi connectivity index (χ4v) is 3.71. The van der Waals surface area contributed by atoms with Crippen LogP contribution in [0.4, 0.5) is 5.69 Å². The van der Waals surface area contributed by atoms with Crippen LogP contribution >= 0.6 is 0 Å². The Hall–Kier alpha value is -2.37. The highest BCUT2D eigenvalue weighted by atomic mass is 16.5. The van der Waals surface area contributed by atoms with Crippen LogP contribution in [-0.2, 0) is 4.74 Å². The number of benzene rings is 2. The molecule has 2 aromatic carbocycles. The van der Waals surface area contributed by atoms with Crippen molar-refractivity contribution in [2.45, 2.75) is 12.6 Å². The van der Waals surface area contributed by atoms with Gasteiger partial charge in [-0.15, -0.1) is 0 Å². The highest BCUT2D eigenvalue weighted by molar-refractivity contribution is 6.01. The molecule has 5 nitrogen and oxygen atoms in total. The van der Waals surface area contributed by atoms with Gasteiger partial charge < -0.3 is 15.0 Å². The first kappa shape index (κ1) is 17.1. The van der Waals surface area contributed by atoms with Crippen LogP contribution < -0.4 is 5.32 Å². The number of fused-ring (bicyclic) bond motifs is 1. The third kappa shape index (κ3) is 3.59. The molecule has 1 fully saturated rings. The Kier molecular flexibility index (Phi) is 5.18. The van der Waals surface area contributed by atoms with Crippen LogP contribution in [0.3, 0.4) is 0 Å². The molecule has 1 amide bonds. The molecule has 0 saturated carbocycles. The Morgan fingerprint density at radius 2 is 1.69 bits per heavy atom. The number of nitrogens with one attached hydrogen (secondary N) is 1. The van der Waals surface area contributed by atoms with Gasteiger partial charge in [0.1, 0.15) is 6.17 Å². The van der Waals surface area contributed by atoms with E-state index in [0.29, 0.717) is 0 Å². The summed E-state index contributed by atoms with van der Waals surface area (Å²) >= 11 is 0. The van der Waals surface area contributed by atoms with Crippen molar-refractivity contribution in [1.29, 1.82) is 0 Å². The monoisotopic (exact) mass is 351 g/mol. The molecule has 2 aromatic rings. The molecule has 0 radical (unpaired) electrons. The summed E-state index contributed by atoms with van der Waals surface area (Å²) in [5.41, 5.74) is 2.78. The third-order valence-corrected chi connectivity index (χ3v) is 5.11. The smallest absolute Gasteiger partial charge is 0.257 e. The summed E-state index contributed by atoms with van der Waals surface area (Å²) in [6.45, 7) is 5.32. The van der Waals surface area contributed by atoms with Crippen LogP contribution in [0.2, 0.25) is 0 Å². The zero-order chi connectivity index (χ0) is 17.8. The van der Waals surface area contributed by atoms with E-state index in [2.05, 4.69) is 22.3 Å². The van der Waals surface area contributed by atoms with Crippen LogP contribution in [-0.4, -0.2) is 55.1 Å². The largest absolute Gasteiger partial charge is 0.379 e. The lowest BCUT2D eigenvalue weighted by molar-refractivity contribution is 0.0348. The van der Waals surface area contributed by atoms with Gasteiger partial charge in [0.05, 0.1) is 18.8 Å². The number of carbonyl (C=O) groups excluding carboxylic acids is 1. The second-order valence-corrected chi connectivity index (χ2v) is 6.81. The first-order chi connectivity index (χ1) is 12.8. The lowest BCUT2D eigenvalue weighted by Gasteiger charge is -2.38. The van der Waals surface area contributed by atoms with Crippen molar-refractivity contribution in [3.8, 4) is 0 Å². The quantitative estimate of drug-likeness (QED) is 0.900. The molecular weight excluding hydrogens is 326 g/mol. The second kappa shape index (κ2) is 7.89. The Labute approximate surface area is 154 Å². The minimum Gasteiger partial charge on any atom is -0.379 e. The lowest BCUT2D eigenvalue weighted by atomic mass is 10.0. The number of nitrogens with zero attached hydrogens (tertiary/aromatic N) is 2. The summed E-state index contributed by atoms with van der Waals surface area (Å²) in [6.07, 6.45) is 0.835. The molecule has 26 heavy (non-hydrogen) atoms. The van der Waals surface area contributed by atoms with Gasteiger partial charge in [-0.1, -0.05) is 42.5 Å². The highest BCUT2D eigenvalue weighted by Gasteiger charge is 2.32. The van der Waals surface area contributed by atoms with Crippen LogP contribution in [0.15, 0.2) is 54.6 Å². The van der Waals surface area contributed by atoms with Crippen molar-refractivity contribution in [1.82, 2.24) is 9.80 Å². The van der Waals surface area contributed by atoms with E-state index in [0.717, 1.165) is 62.6 Å². The lowest BCUT2D eigenvalue weighted by Crippen LogP contribution is -2.44. The van der Waals surface area contributed by atoms with Crippen molar-refractivity contribution in [3.63, 3.8) is 0 Å². The molecule has 1 N–H and O–H groups in total. The topological polar surface area (TPSA) is 44.8 Å². The maximum Gasteiger partial charge on any atom is 0.257 e. The number of morpholine rings is 1. The molecule has 1 saturated heterocycles. The van der Waals surface area contributed by atoms with E-state index in [1.54, 1.807) is 0 Å². The number of anilines is 1. The van der Waals surface area contributed by atoms with E-state index >= 15 is 0 Å². The fourth-order valence-electron chi connectivity index (χ4n) is 3.71. The summed E-state index contributed by atoms with van der Waals surface area (Å²) in [4.78, 5) is 17.5. The number of para-hydroxylation sites is 1. The number of rotatable bonds is 5. The molecule has 2 aliphatic heterocycles. The van der Waals surface area contributed by atoms with Crippen LogP contribution in [0.25, 0.3) is 0 Å². The van der Waals surface area contributed by atoms with Gasteiger partial charge in [0, 0.05) is 31.9 Å². The number of carbonyl (C=O) groups is 1. The van der Waals surface area contributed by atoms with Crippen molar-refractivity contribution in [2.75, 3.05) is 44.7 Å². The Balaban J connectivity index is 1.51. The number of ether oxygens (including phenoxy) is 1. The first-order valence-corrected chi connectivity index (χ1v) is 9.34. The average Bonchev–Trinajstić information content (AvgIpc) is 2.71. The summed E-state index contributed by atoms with van der Waals surface area (Å²) in [5, 5.41) is 3.55. The van der Waals surface area contributed by atoms with Gasteiger partial charge in [-0.3, -0.25) is 9.69 Å². The van der Waals surface area contributed by atoms with E-state index in [9.17, 15) is 4.79 Å². The SMILES string of the molecule is O=C1c2ccccc2N[C@H](c2ccccc2)N1CCCN1CCOCC1. The molecule has 2 aliphatic rings. The van der Waals surface area contributed by atoms with E-state index in [1.165, 1.54) is 0 Å². The van der Waals surface area contributed by atoms with Gasteiger partial charge in [0.25, 0.3) is 5.91 Å². The van der Waals surface area contributed by atoms with Gasteiger partial charge in [-0.25, -0.2) is 0 Å². The standard InChI is InChI=1S/C21H25N3O2/c25-21-18-9-4-5-10-19(18)22-20(17-7-2-1-3-8-17)24(21)12-6-11-23-13-15-26-16-14-23/h1-5,7-10,20,22H,6,11-16H2/t20-/m0/s1. The van der Waals surface area contributed by atoms with Gasteiger partial charge >= 0.3 is 0 Å². The normalized spacial score (nSPS) is 20.5. The Morgan fingerprint density at radius 3 is 2.50 bits per heavy atom. The Bertz CT molecular complexity index is 744. The molecular formula is C21H25N3O2. The van der Waals surface area contributed by atoms with Crippen molar-refractivity contribution < 1.29 is 9.53 Å². The third-order valence-electron chi connectivity index (χ3n) is 5.11. The Morgan fingerprint density at radius 1 is 0.962 bits per heavy atom. The fraction of sp³-hybridized carbons (Fsp3) is 0.381. The van der Waals surface area contributed by atoms with E-state index in [-0.39, 0.29) is 12.1 Å². The summed E-state index contributed by atoms with van der Waals surface area (Å²) in [7, 11) is 0. The molecule has 0 bridgehead atoms. The molecule has 136 valence electrons. The zero-order valence-corrected chi connectivity index (χ0v) is 14.9. The molecule has 5 heteroatoms. The number of hydrogen-bond donors (Lipinski definition) is 1. The second-order valence-electron chi connectivity index (χ2n) is 6.81. The van der Waals surface area contributed by atoms with Crippen molar-refractivity contribution in [2.24, 2.45) is 0 Å². The van der Waals surface area contributed by atoms with Crippen LogP contribution in [0.1, 0.15) is 28.5 Å². The molecule has 0 aliphatic carbocycles. The number of hydrogen-bond acceptors (Lipinski definition) is 4. The van der Waals surface area contributed by atoms with Crippen molar-refractivity contribution >= 4 is 11.6 Å². The zero-order valence-electron chi connectivity index (χ0n) is 14.9. The van der Waals surface area contributed by atoms with Crippen molar-refractivity contribution in [3.05, 3.63) is 65.7 Å². The minimum absolute atomic E-state index is 0.107. The van der Waals surface area contributed by atoms with E-state index in [1.807, 2.05) is 47.4 Å². The summed E-state index contributed by atoms with van der Waals surface area (Å²) < 4.78 is 5.41. The number of amides is 1. The van der Waals surface area contributed by atoms with E-state index < -0.39 is 0 Å². The molecule has 1 atom stereocenters. The summed E-state index contributed by atoms with van der Waals surface area (Å²) in [6, 6.07) is 18.0. The maximum absolute atomic E-state index is 13.1. The minimum atomic E-state index is -0.122. The van der Waals surface area contributed by atoms with E-state index in [4.69, 9.17) is 4.74 Å². The van der Waals surface area contributed by atoms with Crippen LogP contribution in [0, 0.1) is 0 Å². The molecule has 0 aromatic heterocycles.